The lowest BCUT2D eigenvalue weighted by molar-refractivity contribution is -0.127. The van der Waals surface area contributed by atoms with E-state index < -0.39 is 0 Å². The van der Waals surface area contributed by atoms with Crippen LogP contribution in [-0.4, -0.2) is 63.5 Å². The van der Waals surface area contributed by atoms with Crippen LogP contribution in [0.1, 0.15) is 40.0 Å². The van der Waals surface area contributed by atoms with Crippen molar-refractivity contribution in [2.75, 3.05) is 36.8 Å². The van der Waals surface area contributed by atoms with Crippen LogP contribution in [-0.2, 0) is 4.79 Å². The third kappa shape index (κ3) is 4.06. The van der Waals surface area contributed by atoms with Gasteiger partial charge in [0.2, 0.25) is 5.91 Å². The van der Waals surface area contributed by atoms with Gasteiger partial charge in [0.15, 0.2) is 5.82 Å². The Balaban J connectivity index is 1.42. The molecular formula is C23H27N7O2S. The Bertz CT molecular complexity index is 1260. The van der Waals surface area contributed by atoms with Crippen molar-refractivity contribution in [2.24, 2.45) is 0 Å². The Kier molecular flexibility index (Phi) is 5.53. The van der Waals surface area contributed by atoms with Crippen LogP contribution in [0.5, 0.6) is 0 Å². The van der Waals surface area contributed by atoms with E-state index in [-0.39, 0.29) is 17.9 Å². The van der Waals surface area contributed by atoms with Gasteiger partial charge >= 0.3 is 0 Å². The number of anilines is 2. The van der Waals surface area contributed by atoms with Gasteiger partial charge in [0.1, 0.15) is 11.8 Å². The minimum Gasteiger partial charge on any atom is -0.382 e. The van der Waals surface area contributed by atoms with Gasteiger partial charge in [0, 0.05) is 44.0 Å². The molecule has 0 bridgehead atoms. The van der Waals surface area contributed by atoms with Crippen LogP contribution in [0.3, 0.4) is 0 Å². The van der Waals surface area contributed by atoms with Crippen LogP contribution in [0.25, 0.3) is 11.1 Å². The second-order valence-corrected chi connectivity index (χ2v) is 9.91. The quantitative estimate of drug-likeness (QED) is 0.612. The van der Waals surface area contributed by atoms with Crippen molar-refractivity contribution in [3.8, 4) is 0 Å². The number of carbonyl (C=O) groups is 2. The lowest BCUT2D eigenvalue weighted by Gasteiger charge is -2.34. The van der Waals surface area contributed by atoms with E-state index in [2.05, 4.69) is 32.4 Å². The summed E-state index contributed by atoms with van der Waals surface area (Å²) in [6.45, 7) is 6.26. The van der Waals surface area contributed by atoms with Crippen LogP contribution in [0.15, 0.2) is 30.6 Å². The summed E-state index contributed by atoms with van der Waals surface area (Å²) in [5.74, 6) is 0.436. The molecule has 5 rings (SSSR count). The van der Waals surface area contributed by atoms with E-state index in [1.165, 1.54) is 17.7 Å². The van der Waals surface area contributed by atoms with E-state index in [4.69, 9.17) is 5.73 Å². The Labute approximate surface area is 195 Å². The van der Waals surface area contributed by atoms with E-state index in [0.29, 0.717) is 25.5 Å². The first kappa shape index (κ1) is 21.4. The maximum Gasteiger partial charge on any atom is 0.261 e. The molecule has 1 atom stereocenters. The van der Waals surface area contributed by atoms with Gasteiger partial charge in [-0.2, -0.15) is 5.10 Å². The van der Waals surface area contributed by atoms with Crippen molar-refractivity contribution in [2.45, 2.75) is 32.7 Å². The Hall–Kier alpha value is -3.40. The molecule has 3 N–H and O–H groups in total. The lowest BCUT2D eigenvalue weighted by Crippen LogP contribution is -2.47. The predicted octanol–water partition coefficient (Wildman–Crippen LogP) is 2.33. The Morgan fingerprint density at radius 3 is 2.88 bits per heavy atom. The van der Waals surface area contributed by atoms with Gasteiger partial charge in [-0.1, -0.05) is 6.08 Å². The highest BCUT2D eigenvalue weighted by Gasteiger charge is 2.28. The van der Waals surface area contributed by atoms with E-state index in [1.54, 1.807) is 11.8 Å². The maximum atomic E-state index is 12.7. The number of fused-ring (bicyclic) bond motifs is 1. The number of piperidine rings is 1. The molecule has 33 heavy (non-hydrogen) atoms. The Morgan fingerprint density at radius 1 is 1.30 bits per heavy atom. The summed E-state index contributed by atoms with van der Waals surface area (Å²) < 4.78 is 1.82. The monoisotopic (exact) mass is 465 g/mol. The average molecular weight is 466 g/mol. The molecule has 5 heterocycles. The van der Waals surface area contributed by atoms with Gasteiger partial charge in [-0.05, 0) is 43.5 Å². The smallest absolute Gasteiger partial charge is 0.261 e. The second kappa shape index (κ2) is 8.51. The molecule has 2 aliphatic heterocycles. The van der Waals surface area contributed by atoms with Crippen molar-refractivity contribution < 1.29 is 9.59 Å². The highest BCUT2D eigenvalue weighted by molar-refractivity contribution is 7.13. The fourth-order valence-corrected chi connectivity index (χ4v) is 5.40. The summed E-state index contributed by atoms with van der Waals surface area (Å²) in [7, 11) is 0. The van der Waals surface area contributed by atoms with Crippen molar-refractivity contribution >= 4 is 45.7 Å². The molecule has 1 fully saturated rings. The number of nitrogens with one attached hydrogen (secondary N) is 1. The number of nitrogen functional groups attached to an aromatic ring is 1. The molecule has 1 saturated heterocycles. The van der Waals surface area contributed by atoms with Crippen LogP contribution >= 0.6 is 11.3 Å². The zero-order valence-corrected chi connectivity index (χ0v) is 19.6. The minimum atomic E-state index is -0.0225. The third-order valence-electron chi connectivity index (χ3n) is 6.32. The summed E-state index contributed by atoms with van der Waals surface area (Å²) in [5, 5.41) is 7.66. The van der Waals surface area contributed by atoms with Crippen LogP contribution in [0.2, 0.25) is 0 Å². The number of aryl methyl sites for hydroxylation is 1. The summed E-state index contributed by atoms with van der Waals surface area (Å²) >= 11 is 1.51. The van der Waals surface area contributed by atoms with Crippen molar-refractivity contribution in [1.82, 2.24) is 24.8 Å². The molecule has 0 unspecified atom stereocenters. The second-order valence-electron chi connectivity index (χ2n) is 8.62. The predicted molar refractivity (Wildman–Crippen MR) is 129 cm³/mol. The fourth-order valence-electron chi connectivity index (χ4n) is 4.63. The van der Waals surface area contributed by atoms with Crippen LogP contribution in [0, 0.1) is 6.92 Å². The third-order valence-corrected chi connectivity index (χ3v) is 7.32. The molecule has 9 nitrogen and oxygen atoms in total. The van der Waals surface area contributed by atoms with Crippen molar-refractivity contribution in [1.29, 1.82) is 0 Å². The van der Waals surface area contributed by atoms with Gasteiger partial charge in [-0.25, -0.2) is 9.50 Å². The van der Waals surface area contributed by atoms with Gasteiger partial charge < -0.3 is 20.9 Å². The number of carbonyl (C=O) groups excluding carboxylic acids is 2. The van der Waals surface area contributed by atoms with E-state index in [0.717, 1.165) is 51.6 Å². The van der Waals surface area contributed by atoms with E-state index in [1.807, 2.05) is 23.6 Å². The highest BCUT2D eigenvalue weighted by atomic mass is 32.1. The minimum absolute atomic E-state index is 0.0225. The topological polar surface area (TPSA) is 109 Å². The maximum absolute atomic E-state index is 12.7. The van der Waals surface area contributed by atoms with Crippen molar-refractivity contribution in [3.05, 3.63) is 46.1 Å². The molecular weight excluding hydrogens is 438 g/mol. The number of hydrogen-bond acceptors (Lipinski definition) is 7. The van der Waals surface area contributed by atoms with Crippen molar-refractivity contribution in [3.63, 3.8) is 0 Å². The number of thiophene rings is 1. The van der Waals surface area contributed by atoms with Crippen LogP contribution in [0.4, 0.5) is 11.5 Å². The zero-order valence-electron chi connectivity index (χ0n) is 18.7. The molecule has 3 aromatic rings. The number of nitrogens with two attached hydrogens (primary N) is 1. The zero-order chi connectivity index (χ0) is 23.1. The molecule has 3 aromatic heterocycles. The normalized spacial score (nSPS) is 18.6. The fraction of sp³-hybridized carbons (Fsp3) is 0.391. The number of hydrogen-bond donors (Lipinski definition) is 2. The summed E-state index contributed by atoms with van der Waals surface area (Å²) in [5.41, 5.74) is 9.96. The van der Waals surface area contributed by atoms with Gasteiger partial charge in [-0.15, -0.1) is 11.3 Å². The number of rotatable bonds is 4. The van der Waals surface area contributed by atoms with Gasteiger partial charge in [0.25, 0.3) is 5.91 Å². The molecule has 172 valence electrons. The Morgan fingerprint density at radius 2 is 2.15 bits per heavy atom. The van der Waals surface area contributed by atoms with E-state index >= 15 is 0 Å². The molecule has 0 spiro atoms. The van der Waals surface area contributed by atoms with Gasteiger partial charge in [0.05, 0.1) is 16.3 Å². The van der Waals surface area contributed by atoms with Crippen LogP contribution < -0.4 is 16.0 Å². The first-order chi connectivity index (χ1) is 15.9. The lowest BCUT2D eigenvalue weighted by atomic mass is 10.0. The average Bonchev–Trinajstić information content (AvgIpc) is 3.52. The molecule has 0 aliphatic carbocycles. The molecule has 10 heteroatoms. The SMILES string of the molecule is CC(=O)N1CC=C(c2cc(N3CCC[C@@H](NC(=O)c4ccc(C)s4)C3)c3c(N)ncnn23)C1. The highest BCUT2D eigenvalue weighted by Crippen LogP contribution is 2.34. The first-order valence-electron chi connectivity index (χ1n) is 11.1. The number of amides is 2. The molecule has 0 saturated carbocycles. The summed E-state index contributed by atoms with van der Waals surface area (Å²) in [6.07, 6.45) is 5.40. The molecule has 0 radical (unpaired) electrons. The summed E-state index contributed by atoms with van der Waals surface area (Å²) in [6, 6.07) is 5.97. The first-order valence-corrected chi connectivity index (χ1v) is 11.9. The van der Waals surface area contributed by atoms with E-state index in [9.17, 15) is 9.59 Å². The number of aromatic nitrogens is 3. The largest absolute Gasteiger partial charge is 0.382 e. The standard InChI is InChI=1S/C23H27N7O2S/c1-14-5-6-20(33-14)23(32)27-17-4-3-8-29(12-17)19-10-18(16-7-9-28(11-16)15(2)31)30-21(19)22(24)25-13-26-30/h5-7,10,13,17H,3-4,8-9,11-12H2,1-2H3,(H,27,32)(H2,24,25,26)/t17-/m1/s1. The molecule has 2 amide bonds. The number of nitrogens with zero attached hydrogens (tertiary/aromatic N) is 5. The summed E-state index contributed by atoms with van der Waals surface area (Å²) in [4.78, 5) is 34.6. The van der Waals surface area contributed by atoms with Gasteiger partial charge in [-0.3, -0.25) is 9.59 Å². The molecule has 0 aromatic carbocycles. The molecule has 2 aliphatic rings.